The van der Waals surface area contributed by atoms with Gasteiger partial charge in [-0.3, -0.25) is 9.59 Å². The molecule has 2 aromatic rings. The topological polar surface area (TPSA) is 58.2 Å². The van der Waals surface area contributed by atoms with E-state index in [0.29, 0.717) is 21.8 Å². The number of anilines is 1. The summed E-state index contributed by atoms with van der Waals surface area (Å²) in [7, 11) is 0. The Morgan fingerprint density at radius 2 is 1.74 bits per heavy atom. The van der Waals surface area contributed by atoms with Crippen LogP contribution in [0.25, 0.3) is 0 Å². The predicted octanol–water partition coefficient (Wildman–Crippen LogP) is 3.79. The maximum Gasteiger partial charge on any atom is 0.255 e. The first-order valence-corrected chi connectivity index (χ1v) is 7.89. The Hall–Kier alpha value is -2.33. The number of hydrogen-bond acceptors (Lipinski definition) is 2. The Labute approximate surface area is 139 Å². The molecule has 1 aliphatic rings. The van der Waals surface area contributed by atoms with Gasteiger partial charge in [-0.15, -0.1) is 0 Å². The van der Waals surface area contributed by atoms with Crippen molar-refractivity contribution in [2.45, 2.75) is 25.8 Å². The maximum atomic E-state index is 12.4. The van der Waals surface area contributed by atoms with Crippen LogP contribution in [0.2, 0.25) is 5.02 Å². The highest BCUT2D eigenvalue weighted by molar-refractivity contribution is 6.30. The summed E-state index contributed by atoms with van der Waals surface area (Å²) in [6, 6.07) is 12.3. The van der Waals surface area contributed by atoms with Crippen LogP contribution in [0.3, 0.4) is 0 Å². The van der Waals surface area contributed by atoms with Gasteiger partial charge in [0.25, 0.3) is 11.8 Å². The fourth-order valence-corrected chi connectivity index (χ4v) is 2.49. The van der Waals surface area contributed by atoms with Crippen LogP contribution in [-0.2, 0) is 0 Å². The van der Waals surface area contributed by atoms with E-state index in [2.05, 4.69) is 10.6 Å². The van der Waals surface area contributed by atoms with E-state index in [1.807, 2.05) is 6.92 Å². The summed E-state index contributed by atoms with van der Waals surface area (Å²) in [6.07, 6.45) is 2.06. The number of carbonyl (C=O) groups excluding carboxylic acids is 2. The lowest BCUT2D eigenvalue weighted by Crippen LogP contribution is -2.25. The molecule has 0 aliphatic heterocycles. The van der Waals surface area contributed by atoms with Crippen LogP contribution in [-0.4, -0.2) is 17.9 Å². The van der Waals surface area contributed by atoms with Gasteiger partial charge in [0.1, 0.15) is 0 Å². The molecule has 118 valence electrons. The molecule has 2 amide bonds. The van der Waals surface area contributed by atoms with Gasteiger partial charge in [-0.25, -0.2) is 0 Å². The lowest BCUT2D eigenvalue weighted by molar-refractivity contribution is 0.0951. The Balaban J connectivity index is 1.75. The molecule has 23 heavy (non-hydrogen) atoms. The Morgan fingerprint density at radius 1 is 1.04 bits per heavy atom. The predicted molar refractivity (Wildman–Crippen MR) is 91.1 cm³/mol. The van der Waals surface area contributed by atoms with E-state index in [0.717, 1.165) is 18.4 Å². The fourth-order valence-electron chi connectivity index (χ4n) is 2.26. The molecule has 0 radical (unpaired) electrons. The third-order valence-corrected chi connectivity index (χ3v) is 3.97. The summed E-state index contributed by atoms with van der Waals surface area (Å²) in [5.74, 6) is -0.388. The largest absolute Gasteiger partial charge is 0.349 e. The van der Waals surface area contributed by atoms with Crippen molar-refractivity contribution >= 4 is 29.1 Å². The van der Waals surface area contributed by atoms with Crippen LogP contribution in [0.5, 0.6) is 0 Å². The molecule has 2 aromatic carbocycles. The monoisotopic (exact) mass is 328 g/mol. The molecule has 3 rings (SSSR count). The molecular formula is C18H17ClN2O2. The number of halogens is 1. The number of rotatable bonds is 4. The third kappa shape index (κ3) is 3.90. The molecule has 0 atom stereocenters. The van der Waals surface area contributed by atoms with E-state index in [-0.39, 0.29) is 17.9 Å². The normalized spacial score (nSPS) is 13.5. The van der Waals surface area contributed by atoms with Crippen LogP contribution < -0.4 is 10.6 Å². The molecule has 0 bridgehead atoms. The van der Waals surface area contributed by atoms with E-state index in [1.54, 1.807) is 42.5 Å². The van der Waals surface area contributed by atoms with Crippen molar-refractivity contribution in [3.05, 3.63) is 64.2 Å². The minimum atomic E-state index is -0.253. The van der Waals surface area contributed by atoms with Crippen molar-refractivity contribution in [3.63, 3.8) is 0 Å². The first kappa shape index (κ1) is 15.6. The summed E-state index contributed by atoms with van der Waals surface area (Å²) in [5, 5.41) is 6.38. The number of hydrogen-bond donors (Lipinski definition) is 2. The molecule has 0 aromatic heterocycles. The van der Waals surface area contributed by atoms with Gasteiger partial charge in [0.05, 0.1) is 0 Å². The first-order chi connectivity index (χ1) is 11.0. The minimum absolute atomic E-state index is 0.134. The number of aryl methyl sites for hydroxylation is 1. The second-order valence-electron chi connectivity index (χ2n) is 5.74. The van der Waals surface area contributed by atoms with Gasteiger partial charge < -0.3 is 10.6 Å². The summed E-state index contributed by atoms with van der Waals surface area (Å²) in [6.45, 7) is 1.88. The molecule has 0 spiro atoms. The van der Waals surface area contributed by atoms with Gasteiger partial charge in [-0.2, -0.15) is 0 Å². The maximum absolute atomic E-state index is 12.4. The van der Waals surface area contributed by atoms with E-state index >= 15 is 0 Å². The molecule has 4 nitrogen and oxygen atoms in total. The number of nitrogens with one attached hydrogen (secondary N) is 2. The highest BCUT2D eigenvalue weighted by atomic mass is 35.5. The van der Waals surface area contributed by atoms with E-state index in [9.17, 15) is 9.59 Å². The quantitative estimate of drug-likeness (QED) is 0.897. The highest BCUT2D eigenvalue weighted by Crippen LogP contribution is 2.21. The molecular weight excluding hydrogens is 312 g/mol. The van der Waals surface area contributed by atoms with Crippen molar-refractivity contribution in [1.82, 2.24) is 5.32 Å². The van der Waals surface area contributed by atoms with Gasteiger partial charge in [-0.05, 0) is 61.7 Å². The Morgan fingerprint density at radius 3 is 2.39 bits per heavy atom. The molecule has 5 heteroatoms. The minimum Gasteiger partial charge on any atom is -0.349 e. The van der Waals surface area contributed by atoms with Crippen LogP contribution >= 0.6 is 11.6 Å². The van der Waals surface area contributed by atoms with Gasteiger partial charge in [0.15, 0.2) is 0 Å². The van der Waals surface area contributed by atoms with Gasteiger partial charge >= 0.3 is 0 Å². The highest BCUT2D eigenvalue weighted by Gasteiger charge is 2.24. The molecule has 1 saturated carbocycles. The Bertz CT molecular complexity index is 769. The fraction of sp³-hybridized carbons (Fsp3) is 0.222. The van der Waals surface area contributed by atoms with Crippen molar-refractivity contribution in [1.29, 1.82) is 0 Å². The van der Waals surface area contributed by atoms with E-state index in [4.69, 9.17) is 11.6 Å². The van der Waals surface area contributed by atoms with Gasteiger partial charge in [-0.1, -0.05) is 17.7 Å². The van der Waals surface area contributed by atoms with E-state index < -0.39 is 0 Å². The smallest absolute Gasteiger partial charge is 0.255 e. The van der Waals surface area contributed by atoms with Crippen LogP contribution in [0.1, 0.15) is 39.1 Å². The second kappa shape index (κ2) is 6.42. The zero-order chi connectivity index (χ0) is 16.4. The molecule has 0 heterocycles. The summed E-state index contributed by atoms with van der Waals surface area (Å²) < 4.78 is 0. The lowest BCUT2D eigenvalue weighted by atomic mass is 10.1. The number of amides is 2. The van der Waals surface area contributed by atoms with Crippen molar-refractivity contribution in [2.75, 3.05) is 5.32 Å². The summed E-state index contributed by atoms with van der Waals surface area (Å²) in [5.41, 5.74) is 2.53. The molecule has 0 unspecified atom stereocenters. The standard InChI is InChI=1S/C18H17ClN2O2/c1-11-9-14(19)5-8-16(11)21-18(23)13-4-2-3-12(10-13)17(22)20-15-6-7-15/h2-5,8-10,15H,6-7H2,1H3,(H,20,22)(H,21,23). The van der Waals surface area contributed by atoms with Gasteiger partial charge in [0, 0.05) is 27.9 Å². The third-order valence-electron chi connectivity index (χ3n) is 3.74. The van der Waals surface area contributed by atoms with Crippen LogP contribution in [0.15, 0.2) is 42.5 Å². The zero-order valence-corrected chi connectivity index (χ0v) is 13.5. The molecule has 2 N–H and O–H groups in total. The average Bonchev–Trinajstić information content (AvgIpc) is 3.34. The summed E-state index contributed by atoms with van der Waals surface area (Å²) >= 11 is 5.92. The zero-order valence-electron chi connectivity index (χ0n) is 12.7. The van der Waals surface area contributed by atoms with Crippen LogP contribution in [0, 0.1) is 6.92 Å². The number of carbonyl (C=O) groups is 2. The molecule has 0 saturated heterocycles. The average molecular weight is 329 g/mol. The van der Waals surface area contributed by atoms with Crippen molar-refractivity contribution < 1.29 is 9.59 Å². The lowest BCUT2D eigenvalue weighted by Gasteiger charge is -2.10. The van der Waals surface area contributed by atoms with E-state index in [1.165, 1.54) is 0 Å². The van der Waals surface area contributed by atoms with Crippen molar-refractivity contribution in [3.8, 4) is 0 Å². The molecule has 1 aliphatic carbocycles. The second-order valence-corrected chi connectivity index (χ2v) is 6.18. The number of benzene rings is 2. The van der Waals surface area contributed by atoms with Crippen LogP contribution in [0.4, 0.5) is 5.69 Å². The summed E-state index contributed by atoms with van der Waals surface area (Å²) in [4.78, 5) is 24.4. The Kier molecular flexibility index (Phi) is 4.35. The van der Waals surface area contributed by atoms with Crippen molar-refractivity contribution in [2.24, 2.45) is 0 Å². The van der Waals surface area contributed by atoms with Gasteiger partial charge in [0.2, 0.25) is 0 Å². The first-order valence-electron chi connectivity index (χ1n) is 7.51. The SMILES string of the molecule is Cc1cc(Cl)ccc1NC(=O)c1cccc(C(=O)NC2CC2)c1. The molecule has 1 fully saturated rings.